The van der Waals surface area contributed by atoms with E-state index in [1.807, 2.05) is 30.3 Å². The number of hydrogen-bond acceptors (Lipinski definition) is 3. The molecule has 0 amide bonds. The number of rotatable bonds is 3. The molecule has 3 aromatic heterocycles. The molecule has 0 atom stereocenters. The molecule has 98 valence electrons. The van der Waals surface area contributed by atoms with E-state index in [1.54, 1.807) is 17.6 Å². The van der Waals surface area contributed by atoms with Crippen molar-refractivity contribution in [2.75, 3.05) is 0 Å². The van der Waals surface area contributed by atoms with Gasteiger partial charge in [0.2, 0.25) is 0 Å². The molecule has 4 aromatic rings. The Bertz CT molecular complexity index is 829. The van der Waals surface area contributed by atoms with Crippen LogP contribution in [-0.2, 0) is 6.54 Å². The van der Waals surface area contributed by atoms with Crippen molar-refractivity contribution in [3.8, 4) is 10.7 Å². The minimum atomic E-state index is 0.695. The molecule has 0 saturated heterocycles. The van der Waals surface area contributed by atoms with Crippen molar-refractivity contribution < 1.29 is 4.42 Å². The fraction of sp³-hybridized carbons (Fsp3) is 0.0625. The number of hydrogen-bond donors (Lipinski definition) is 0. The van der Waals surface area contributed by atoms with Gasteiger partial charge in [-0.1, -0.05) is 18.2 Å². The fourth-order valence-electron chi connectivity index (χ4n) is 2.39. The van der Waals surface area contributed by atoms with E-state index < -0.39 is 0 Å². The first-order valence-electron chi connectivity index (χ1n) is 6.43. The summed E-state index contributed by atoms with van der Waals surface area (Å²) in [5.74, 6) is 1.93. The van der Waals surface area contributed by atoms with E-state index in [-0.39, 0.29) is 0 Å². The van der Waals surface area contributed by atoms with Crippen LogP contribution < -0.4 is 0 Å². The van der Waals surface area contributed by atoms with Crippen molar-refractivity contribution in [1.29, 1.82) is 0 Å². The molecule has 0 aliphatic carbocycles. The Balaban J connectivity index is 1.93. The van der Waals surface area contributed by atoms with Crippen LogP contribution in [0.5, 0.6) is 0 Å². The normalized spacial score (nSPS) is 11.2. The van der Waals surface area contributed by atoms with Gasteiger partial charge in [-0.15, -0.1) is 11.3 Å². The SMILES string of the molecule is c1coc(Cn2c(-c3cccs3)nc3ccccc32)c1. The number of para-hydroxylation sites is 2. The first-order chi connectivity index (χ1) is 9.92. The van der Waals surface area contributed by atoms with E-state index in [1.165, 1.54) is 4.88 Å². The van der Waals surface area contributed by atoms with Gasteiger partial charge in [0.1, 0.15) is 5.76 Å². The molecule has 0 radical (unpaired) electrons. The number of nitrogens with zero attached hydrogens (tertiary/aromatic N) is 2. The lowest BCUT2D eigenvalue weighted by molar-refractivity contribution is 0.497. The van der Waals surface area contributed by atoms with E-state index in [0.29, 0.717) is 6.54 Å². The third-order valence-electron chi connectivity index (χ3n) is 3.29. The van der Waals surface area contributed by atoms with Crippen LogP contribution in [0.3, 0.4) is 0 Å². The molecule has 0 unspecified atom stereocenters. The van der Waals surface area contributed by atoms with Crippen molar-refractivity contribution in [3.63, 3.8) is 0 Å². The summed E-state index contributed by atoms with van der Waals surface area (Å²) in [5, 5.41) is 2.08. The van der Waals surface area contributed by atoms with Crippen molar-refractivity contribution in [2.24, 2.45) is 0 Å². The molecule has 0 aliphatic rings. The highest BCUT2D eigenvalue weighted by Crippen LogP contribution is 2.28. The van der Waals surface area contributed by atoms with Gasteiger partial charge in [-0.05, 0) is 35.7 Å². The summed E-state index contributed by atoms with van der Waals surface area (Å²) < 4.78 is 7.69. The van der Waals surface area contributed by atoms with Crippen LogP contribution in [0.4, 0.5) is 0 Å². The Labute approximate surface area is 120 Å². The van der Waals surface area contributed by atoms with Gasteiger partial charge in [-0.2, -0.15) is 0 Å². The van der Waals surface area contributed by atoms with Gasteiger partial charge in [-0.3, -0.25) is 0 Å². The maximum atomic E-state index is 5.48. The zero-order chi connectivity index (χ0) is 13.4. The summed E-state index contributed by atoms with van der Waals surface area (Å²) in [4.78, 5) is 5.94. The summed E-state index contributed by atoms with van der Waals surface area (Å²) in [5.41, 5.74) is 2.15. The molecule has 4 heteroatoms. The average molecular weight is 280 g/mol. The Morgan fingerprint density at radius 2 is 2.00 bits per heavy atom. The number of fused-ring (bicyclic) bond motifs is 1. The zero-order valence-electron chi connectivity index (χ0n) is 10.7. The smallest absolute Gasteiger partial charge is 0.151 e. The molecule has 0 aliphatic heterocycles. The van der Waals surface area contributed by atoms with Gasteiger partial charge in [-0.25, -0.2) is 4.98 Å². The minimum absolute atomic E-state index is 0.695. The fourth-order valence-corrected chi connectivity index (χ4v) is 3.11. The van der Waals surface area contributed by atoms with Gasteiger partial charge in [0.15, 0.2) is 5.82 Å². The summed E-state index contributed by atoms with van der Waals surface area (Å²) in [6.07, 6.45) is 1.71. The second-order valence-electron chi connectivity index (χ2n) is 4.57. The first-order valence-corrected chi connectivity index (χ1v) is 7.31. The molecule has 3 nitrogen and oxygen atoms in total. The summed E-state index contributed by atoms with van der Waals surface area (Å²) in [6, 6.07) is 16.3. The Morgan fingerprint density at radius 1 is 1.05 bits per heavy atom. The van der Waals surface area contributed by atoms with Crippen LogP contribution >= 0.6 is 11.3 Å². The van der Waals surface area contributed by atoms with Crippen molar-refractivity contribution in [3.05, 3.63) is 65.9 Å². The Hall–Kier alpha value is -2.33. The van der Waals surface area contributed by atoms with Crippen molar-refractivity contribution in [1.82, 2.24) is 9.55 Å². The Kier molecular flexibility index (Phi) is 2.67. The lowest BCUT2D eigenvalue weighted by Gasteiger charge is -2.06. The molecule has 0 bridgehead atoms. The number of imidazole rings is 1. The molecule has 1 aromatic carbocycles. The van der Waals surface area contributed by atoms with E-state index in [4.69, 9.17) is 9.40 Å². The quantitative estimate of drug-likeness (QED) is 0.556. The summed E-state index contributed by atoms with van der Waals surface area (Å²) >= 11 is 1.70. The van der Waals surface area contributed by atoms with Crippen molar-refractivity contribution >= 4 is 22.4 Å². The summed E-state index contributed by atoms with van der Waals surface area (Å²) in [6.45, 7) is 0.695. The van der Waals surface area contributed by atoms with E-state index in [2.05, 4.69) is 28.1 Å². The number of benzene rings is 1. The molecule has 20 heavy (non-hydrogen) atoms. The number of aromatic nitrogens is 2. The number of thiophene rings is 1. The van der Waals surface area contributed by atoms with Crippen molar-refractivity contribution in [2.45, 2.75) is 6.54 Å². The molecule has 4 rings (SSSR count). The van der Waals surface area contributed by atoms with Gasteiger partial charge in [0.05, 0.1) is 28.7 Å². The molecule has 0 saturated carbocycles. The predicted octanol–water partition coefficient (Wildman–Crippen LogP) is 4.41. The lowest BCUT2D eigenvalue weighted by Crippen LogP contribution is -2.00. The topological polar surface area (TPSA) is 31.0 Å². The third kappa shape index (κ3) is 1.85. The number of furan rings is 1. The maximum absolute atomic E-state index is 5.48. The monoisotopic (exact) mass is 280 g/mol. The maximum Gasteiger partial charge on any atom is 0.151 e. The molecular weight excluding hydrogens is 268 g/mol. The molecule has 3 heterocycles. The van der Waals surface area contributed by atoms with E-state index in [0.717, 1.165) is 22.6 Å². The standard InChI is InChI=1S/C16H12N2OS/c1-2-7-14-13(6-1)17-16(15-8-4-10-20-15)18(14)11-12-5-3-9-19-12/h1-10H,11H2. The highest BCUT2D eigenvalue weighted by molar-refractivity contribution is 7.13. The highest BCUT2D eigenvalue weighted by atomic mass is 32.1. The van der Waals surface area contributed by atoms with E-state index in [9.17, 15) is 0 Å². The van der Waals surface area contributed by atoms with Gasteiger partial charge in [0, 0.05) is 0 Å². The van der Waals surface area contributed by atoms with Crippen LogP contribution in [0.15, 0.2) is 64.6 Å². The predicted molar refractivity (Wildman–Crippen MR) is 80.9 cm³/mol. The minimum Gasteiger partial charge on any atom is -0.467 e. The second kappa shape index (κ2) is 4.65. The highest BCUT2D eigenvalue weighted by Gasteiger charge is 2.14. The molecule has 0 spiro atoms. The van der Waals surface area contributed by atoms with Crippen LogP contribution in [-0.4, -0.2) is 9.55 Å². The van der Waals surface area contributed by atoms with E-state index >= 15 is 0 Å². The van der Waals surface area contributed by atoms with Crippen LogP contribution in [0, 0.1) is 0 Å². The second-order valence-corrected chi connectivity index (χ2v) is 5.51. The van der Waals surface area contributed by atoms with Crippen LogP contribution in [0.1, 0.15) is 5.76 Å². The average Bonchev–Trinajstić information content (AvgIpc) is 3.19. The molecular formula is C16H12N2OS. The largest absolute Gasteiger partial charge is 0.467 e. The molecule has 0 fully saturated rings. The Morgan fingerprint density at radius 3 is 2.80 bits per heavy atom. The van der Waals surface area contributed by atoms with Gasteiger partial charge >= 0.3 is 0 Å². The van der Waals surface area contributed by atoms with Crippen LogP contribution in [0.25, 0.3) is 21.7 Å². The molecule has 0 N–H and O–H groups in total. The summed E-state index contributed by atoms with van der Waals surface area (Å²) in [7, 11) is 0. The van der Waals surface area contributed by atoms with Crippen LogP contribution in [0.2, 0.25) is 0 Å². The van der Waals surface area contributed by atoms with Gasteiger partial charge < -0.3 is 8.98 Å². The zero-order valence-corrected chi connectivity index (χ0v) is 11.5. The third-order valence-corrected chi connectivity index (χ3v) is 4.16. The first kappa shape index (κ1) is 11.5. The van der Waals surface area contributed by atoms with Gasteiger partial charge in [0.25, 0.3) is 0 Å². The lowest BCUT2D eigenvalue weighted by atomic mass is 10.3.